The molecule has 0 aromatic heterocycles. The molecule has 6 rings (SSSR count). The van der Waals surface area contributed by atoms with Crippen LogP contribution in [0.25, 0.3) is 0 Å². The van der Waals surface area contributed by atoms with E-state index in [-0.39, 0.29) is 17.4 Å². The third kappa shape index (κ3) is 4.09. The van der Waals surface area contributed by atoms with Crippen LogP contribution in [0.2, 0.25) is 0 Å². The molecule has 0 aromatic carbocycles. The maximum atomic E-state index is 12.1. The molecule has 0 bridgehead atoms. The van der Waals surface area contributed by atoms with Gasteiger partial charge in [0, 0.05) is 32.5 Å². The average molecular weight is 489 g/mol. The normalized spacial score (nSPS) is 50.9. The molecule has 2 saturated heterocycles. The van der Waals surface area contributed by atoms with E-state index in [2.05, 4.69) is 23.6 Å². The molecule has 6 aliphatic rings. The van der Waals surface area contributed by atoms with E-state index in [0.29, 0.717) is 31.0 Å². The van der Waals surface area contributed by atoms with Crippen molar-refractivity contribution in [1.82, 2.24) is 9.80 Å². The minimum atomic E-state index is -1.38. The van der Waals surface area contributed by atoms with E-state index in [1.807, 2.05) is 0 Å². The number of fused-ring (bicyclic) bond motifs is 5. The van der Waals surface area contributed by atoms with Crippen molar-refractivity contribution in [1.29, 1.82) is 0 Å². The molecule has 6 fully saturated rings. The molecule has 0 radical (unpaired) electrons. The molecule has 6 heteroatoms. The van der Waals surface area contributed by atoms with Gasteiger partial charge in [-0.15, -0.1) is 0 Å². The van der Waals surface area contributed by atoms with Crippen molar-refractivity contribution >= 4 is 5.97 Å². The molecule has 1 N–H and O–H groups in total. The highest BCUT2D eigenvalue weighted by molar-refractivity contribution is 5.66. The highest BCUT2D eigenvalue weighted by atomic mass is 16.7. The van der Waals surface area contributed by atoms with Gasteiger partial charge in [0.25, 0.3) is 0 Å². The lowest BCUT2D eigenvalue weighted by atomic mass is 9.44. The summed E-state index contributed by atoms with van der Waals surface area (Å²) in [6.45, 7) is 12.2. The molecule has 4 aliphatic carbocycles. The highest BCUT2D eigenvalue weighted by Crippen LogP contribution is 2.67. The topological polar surface area (TPSA) is 62.2 Å². The van der Waals surface area contributed by atoms with Crippen LogP contribution in [-0.4, -0.2) is 78.1 Å². The zero-order valence-corrected chi connectivity index (χ0v) is 22.3. The maximum absolute atomic E-state index is 12.1. The molecule has 2 aliphatic heterocycles. The van der Waals surface area contributed by atoms with Crippen molar-refractivity contribution in [2.75, 3.05) is 39.4 Å². The summed E-state index contributed by atoms with van der Waals surface area (Å²) in [7, 11) is 0. The van der Waals surface area contributed by atoms with Gasteiger partial charge in [0.2, 0.25) is 5.79 Å². The SMILES string of the molecule is CC(=O)OC1(O)CC2CC[C@H]3[C@@H]4CC(N5CCCC5)C[C@@]4(C)CC[C@@H]3[C@@]2(C)CC1N1CCOCC1. The first-order valence-corrected chi connectivity index (χ1v) is 14.7. The molecular formula is C29H48N2O4. The summed E-state index contributed by atoms with van der Waals surface area (Å²) < 4.78 is 11.4. The predicted molar refractivity (Wildman–Crippen MR) is 135 cm³/mol. The fourth-order valence-corrected chi connectivity index (χ4v) is 10.3. The molecule has 6 nitrogen and oxygen atoms in total. The van der Waals surface area contributed by atoms with E-state index in [1.54, 1.807) is 0 Å². The van der Waals surface area contributed by atoms with Crippen LogP contribution in [-0.2, 0) is 14.3 Å². The number of aliphatic hydroxyl groups is 1. The Morgan fingerprint density at radius 2 is 1.69 bits per heavy atom. The zero-order chi connectivity index (χ0) is 24.4. The summed E-state index contributed by atoms with van der Waals surface area (Å²) >= 11 is 0. The first-order chi connectivity index (χ1) is 16.7. The number of rotatable bonds is 3. The van der Waals surface area contributed by atoms with Crippen LogP contribution in [0.15, 0.2) is 0 Å². The molecule has 0 aromatic rings. The maximum Gasteiger partial charge on any atom is 0.305 e. The van der Waals surface area contributed by atoms with Gasteiger partial charge in [-0.3, -0.25) is 9.69 Å². The lowest BCUT2D eigenvalue weighted by Crippen LogP contribution is -2.66. The van der Waals surface area contributed by atoms with Crippen molar-refractivity contribution in [2.45, 2.75) is 103 Å². The van der Waals surface area contributed by atoms with Gasteiger partial charge in [0.1, 0.15) is 0 Å². The minimum Gasteiger partial charge on any atom is -0.432 e. The monoisotopic (exact) mass is 488 g/mol. The van der Waals surface area contributed by atoms with Gasteiger partial charge < -0.3 is 19.5 Å². The number of likely N-dealkylation sites (tertiary alicyclic amines) is 1. The third-order valence-electron chi connectivity index (χ3n) is 12.0. The molecule has 4 unspecified atom stereocenters. The Morgan fingerprint density at radius 1 is 0.943 bits per heavy atom. The van der Waals surface area contributed by atoms with E-state index in [1.165, 1.54) is 65.0 Å². The van der Waals surface area contributed by atoms with Crippen molar-refractivity contribution in [3.8, 4) is 0 Å². The smallest absolute Gasteiger partial charge is 0.305 e. The number of nitrogens with zero attached hydrogens (tertiary/aromatic N) is 2. The van der Waals surface area contributed by atoms with Crippen LogP contribution in [0.3, 0.4) is 0 Å². The van der Waals surface area contributed by atoms with Gasteiger partial charge in [0.15, 0.2) is 0 Å². The van der Waals surface area contributed by atoms with Crippen LogP contribution in [0.4, 0.5) is 0 Å². The predicted octanol–water partition coefficient (Wildman–Crippen LogP) is 4.06. The second-order valence-electron chi connectivity index (χ2n) is 13.7. The summed E-state index contributed by atoms with van der Waals surface area (Å²) in [4.78, 5) is 17.3. The number of carbonyl (C=O) groups is 1. The van der Waals surface area contributed by atoms with Crippen LogP contribution in [0, 0.1) is 34.5 Å². The fraction of sp³-hybridized carbons (Fsp3) is 0.966. The molecule has 9 atom stereocenters. The Balaban J connectivity index is 1.27. The van der Waals surface area contributed by atoms with Crippen molar-refractivity contribution in [2.24, 2.45) is 34.5 Å². The van der Waals surface area contributed by atoms with Gasteiger partial charge in [-0.2, -0.15) is 0 Å². The number of carbonyl (C=O) groups excluding carboxylic acids is 1. The fourth-order valence-electron chi connectivity index (χ4n) is 10.3. The van der Waals surface area contributed by atoms with Crippen LogP contribution in [0.1, 0.15) is 85.0 Å². The van der Waals surface area contributed by atoms with Crippen molar-refractivity contribution in [3.63, 3.8) is 0 Å². The van der Waals surface area contributed by atoms with Crippen LogP contribution < -0.4 is 0 Å². The second-order valence-corrected chi connectivity index (χ2v) is 13.7. The second kappa shape index (κ2) is 8.96. The van der Waals surface area contributed by atoms with Gasteiger partial charge in [-0.05, 0) is 105 Å². The number of esters is 1. The summed E-state index contributed by atoms with van der Waals surface area (Å²) in [6.07, 6.45) is 12.3. The van der Waals surface area contributed by atoms with Gasteiger partial charge in [0.05, 0.1) is 19.3 Å². The first-order valence-electron chi connectivity index (χ1n) is 14.7. The Labute approximate surface area is 212 Å². The quantitative estimate of drug-likeness (QED) is 0.478. The van der Waals surface area contributed by atoms with Gasteiger partial charge >= 0.3 is 5.97 Å². The minimum absolute atomic E-state index is 0.135. The van der Waals surface area contributed by atoms with E-state index >= 15 is 0 Å². The van der Waals surface area contributed by atoms with E-state index < -0.39 is 5.79 Å². The van der Waals surface area contributed by atoms with Crippen molar-refractivity contribution < 1.29 is 19.4 Å². The molecule has 0 amide bonds. The summed E-state index contributed by atoms with van der Waals surface area (Å²) in [6, 6.07) is 0.669. The number of hydrogen-bond donors (Lipinski definition) is 1. The molecule has 0 spiro atoms. The lowest BCUT2D eigenvalue weighted by molar-refractivity contribution is -0.281. The van der Waals surface area contributed by atoms with Gasteiger partial charge in [-0.25, -0.2) is 0 Å². The summed E-state index contributed by atoms with van der Waals surface area (Å²) in [5.74, 6) is 1.06. The lowest BCUT2D eigenvalue weighted by Gasteiger charge is -2.63. The number of ether oxygens (including phenoxy) is 2. The number of hydrogen-bond acceptors (Lipinski definition) is 6. The number of morpholine rings is 1. The molecular weight excluding hydrogens is 440 g/mol. The van der Waals surface area contributed by atoms with E-state index in [0.717, 1.165) is 49.7 Å². The van der Waals surface area contributed by atoms with Gasteiger partial charge in [-0.1, -0.05) is 13.8 Å². The Hall–Kier alpha value is -0.690. The van der Waals surface area contributed by atoms with E-state index in [4.69, 9.17) is 9.47 Å². The molecule has 35 heavy (non-hydrogen) atoms. The zero-order valence-electron chi connectivity index (χ0n) is 22.3. The molecule has 2 heterocycles. The standard InChI is InChI=1S/C29H48N2O4/c1-20(32)35-29(33)17-21-6-7-23-24(28(21,3)19-26(29)31-12-14-34-15-13-31)8-9-27(2)18-22(16-25(23)27)30-10-4-5-11-30/h21-26,33H,4-19H2,1-3H3/t21?,22?,23-,24+,25+,26?,27-,28+,29?/m1/s1. The Bertz CT molecular complexity index is 811. The summed E-state index contributed by atoms with van der Waals surface area (Å²) in [5, 5.41) is 11.8. The Kier molecular flexibility index (Phi) is 6.30. The first kappa shape index (κ1) is 24.6. The Morgan fingerprint density at radius 3 is 2.40 bits per heavy atom. The molecule has 198 valence electrons. The molecule has 4 saturated carbocycles. The highest BCUT2D eigenvalue weighted by Gasteiger charge is 2.64. The summed E-state index contributed by atoms with van der Waals surface area (Å²) in [5.41, 5.74) is 0.708. The van der Waals surface area contributed by atoms with Crippen LogP contribution >= 0.6 is 0 Å². The van der Waals surface area contributed by atoms with E-state index in [9.17, 15) is 9.90 Å². The third-order valence-corrected chi connectivity index (χ3v) is 12.0. The van der Waals surface area contributed by atoms with Crippen molar-refractivity contribution in [3.05, 3.63) is 0 Å². The van der Waals surface area contributed by atoms with Crippen LogP contribution in [0.5, 0.6) is 0 Å². The average Bonchev–Trinajstić information content (AvgIpc) is 3.47. The largest absolute Gasteiger partial charge is 0.432 e.